The van der Waals surface area contributed by atoms with E-state index in [1.54, 1.807) is 34.0 Å². The Hall–Kier alpha value is -2.50. The average molecular weight is 335 g/mol. The number of rotatable bonds is 6. The predicted octanol–water partition coefficient (Wildman–Crippen LogP) is 2.86. The van der Waals surface area contributed by atoms with Gasteiger partial charge in [0.1, 0.15) is 11.4 Å². The number of hydrogen-bond acceptors (Lipinski definition) is 5. The predicted molar refractivity (Wildman–Crippen MR) is 91.0 cm³/mol. The van der Waals surface area contributed by atoms with Crippen LogP contribution >= 0.6 is 0 Å². The van der Waals surface area contributed by atoms with Gasteiger partial charge in [-0.15, -0.1) is 0 Å². The first-order valence-corrected chi connectivity index (χ1v) is 7.62. The van der Waals surface area contributed by atoms with E-state index in [4.69, 9.17) is 9.47 Å². The minimum atomic E-state index is -0.596. The molecule has 0 aliphatic heterocycles. The molecule has 1 atom stereocenters. The summed E-state index contributed by atoms with van der Waals surface area (Å²) in [6.45, 7) is 5.36. The van der Waals surface area contributed by atoms with Crippen LogP contribution in [0.1, 0.15) is 26.3 Å². The van der Waals surface area contributed by atoms with Gasteiger partial charge in [0.05, 0.1) is 20.3 Å². The number of methoxy groups -OCH3 is 2. The molecule has 1 N–H and O–H groups in total. The molecule has 0 bridgehead atoms. The number of hydrogen-bond donors (Lipinski definition) is 1. The lowest BCUT2D eigenvalue weighted by atomic mass is 10.1. The van der Waals surface area contributed by atoms with E-state index in [1.807, 2.05) is 24.3 Å². The summed E-state index contributed by atoms with van der Waals surface area (Å²) in [6.07, 6.45) is 2.82. The van der Waals surface area contributed by atoms with Gasteiger partial charge in [-0.05, 0) is 44.9 Å². The largest absolute Gasteiger partial charge is 0.497 e. The molecule has 0 aliphatic carbocycles. The Kier molecular flexibility index (Phi) is 7.30. The molecular weight excluding hydrogens is 310 g/mol. The van der Waals surface area contributed by atoms with Gasteiger partial charge in [-0.3, -0.25) is 0 Å². The van der Waals surface area contributed by atoms with Crippen LogP contribution in [0.3, 0.4) is 0 Å². The molecule has 6 heteroatoms. The Morgan fingerprint density at radius 1 is 1.17 bits per heavy atom. The molecule has 1 rings (SSSR count). The highest BCUT2D eigenvalue weighted by atomic mass is 16.6. The summed E-state index contributed by atoms with van der Waals surface area (Å²) in [4.78, 5) is 23.3. The van der Waals surface area contributed by atoms with Gasteiger partial charge in [-0.25, -0.2) is 9.59 Å². The van der Waals surface area contributed by atoms with Crippen LogP contribution in [0.25, 0.3) is 0 Å². The normalized spacial score (nSPS) is 12.5. The molecule has 0 radical (unpaired) electrons. The molecular formula is C18H25NO5. The van der Waals surface area contributed by atoms with Crippen LogP contribution in [-0.2, 0) is 20.7 Å². The number of carbonyl (C=O) groups is 2. The van der Waals surface area contributed by atoms with Gasteiger partial charge < -0.3 is 19.5 Å². The molecule has 0 aromatic heterocycles. The molecule has 0 fully saturated rings. The van der Waals surface area contributed by atoms with Crippen LogP contribution in [0.15, 0.2) is 36.4 Å². The SMILES string of the molecule is COC(=O)C=CC(Cc1ccc(OC)cc1)NC(=O)OC(C)(C)C. The Morgan fingerprint density at radius 2 is 1.79 bits per heavy atom. The van der Waals surface area contributed by atoms with E-state index in [-0.39, 0.29) is 0 Å². The van der Waals surface area contributed by atoms with E-state index < -0.39 is 23.7 Å². The number of ether oxygens (including phenoxy) is 3. The quantitative estimate of drug-likeness (QED) is 0.639. The van der Waals surface area contributed by atoms with Crippen molar-refractivity contribution in [3.05, 3.63) is 42.0 Å². The maximum Gasteiger partial charge on any atom is 0.408 e. The summed E-state index contributed by atoms with van der Waals surface area (Å²) >= 11 is 0. The molecule has 1 aromatic rings. The first-order valence-electron chi connectivity index (χ1n) is 7.62. The molecule has 0 heterocycles. The van der Waals surface area contributed by atoms with E-state index in [2.05, 4.69) is 10.1 Å². The molecule has 1 aromatic carbocycles. The van der Waals surface area contributed by atoms with Crippen molar-refractivity contribution in [1.82, 2.24) is 5.32 Å². The zero-order valence-electron chi connectivity index (χ0n) is 14.8. The maximum absolute atomic E-state index is 12.0. The number of alkyl carbamates (subject to hydrolysis) is 1. The van der Waals surface area contributed by atoms with Crippen molar-refractivity contribution in [3.63, 3.8) is 0 Å². The van der Waals surface area contributed by atoms with Gasteiger partial charge in [0.15, 0.2) is 0 Å². The number of amides is 1. The third kappa shape index (κ3) is 7.67. The second kappa shape index (κ2) is 8.96. The van der Waals surface area contributed by atoms with Gasteiger partial charge in [0.25, 0.3) is 0 Å². The highest BCUT2D eigenvalue weighted by Gasteiger charge is 2.18. The summed E-state index contributed by atoms with van der Waals surface area (Å²) in [5, 5.41) is 2.74. The van der Waals surface area contributed by atoms with Crippen LogP contribution in [-0.4, -0.2) is 37.9 Å². The Balaban J connectivity index is 2.81. The van der Waals surface area contributed by atoms with E-state index in [9.17, 15) is 9.59 Å². The molecule has 0 spiro atoms. The number of carbonyl (C=O) groups excluding carboxylic acids is 2. The minimum Gasteiger partial charge on any atom is -0.497 e. The summed E-state index contributed by atoms with van der Waals surface area (Å²) < 4.78 is 15.0. The van der Waals surface area contributed by atoms with E-state index in [0.29, 0.717) is 6.42 Å². The van der Waals surface area contributed by atoms with Crippen molar-refractivity contribution in [1.29, 1.82) is 0 Å². The number of benzene rings is 1. The maximum atomic E-state index is 12.0. The van der Waals surface area contributed by atoms with Crippen LogP contribution in [0, 0.1) is 0 Å². The highest BCUT2D eigenvalue weighted by molar-refractivity contribution is 5.82. The summed E-state index contributed by atoms with van der Waals surface area (Å²) in [5.41, 5.74) is 0.382. The van der Waals surface area contributed by atoms with Crippen LogP contribution in [0.5, 0.6) is 5.75 Å². The molecule has 0 saturated carbocycles. The smallest absolute Gasteiger partial charge is 0.408 e. The van der Waals surface area contributed by atoms with Gasteiger partial charge >= 0.3 is 12.1 Å². The fourth-order valence-electron chi connectivity index (χ4n) is 1.90. The van der Waals surface area contributed by atoms with Gasteiger partial charge in [0, 0.05) is 6.08 Å². The molecule has 1 unspecified atom stereocenters. The van der Waals surface area contributed by atoms with Crippen molar-refractivity contribution in [2.24, 2.45) is 0 Å². The molecule has 6 nitrogen and oxygen atoms in total. The Labute approximate surface area is 142 Å². The summed E-state index contributed by atoms with van der Waals surface area (Å²) in [5.74, 6) is 0.265. The van der Waals surface area contributed by atoms with Gasteiger partial charge in [0.2, 0.25) is 0 Å². The van der Waals surface area contributed by atoms with Gasteiger partial charge in [-0.1, -0.05) is 18.2 Å². The molecule has 0 saturated heterocycles. The van der Waals surface area contributed by atoms with Crippen LogP contribution < -0.4 is 10.1 Å². The molecule has 132 valence electrons. The van der Waals surface area contributed by atoms with Gasteiger partial charge in [-0.2, -0.15) is 0 Å². The van der Waals surface area contributed by atoms with Crippen molar-refractivity contribution in [2.75, 3.05) is 14.2 Å². The monoisotopic (exact) mass is 335 g/mol. The Bertz CT molecular complexity index is 572. The van der Waals surface area contributed by atoms with Crippen molar-refractivity contribution in [2.45, 2.75) is 38.8 Å². The fraction of sp³-hybridized carbons (Fsp3) is 0.444. The second-order valence-electron chi connectivity index (χ2n) is 6.19. The third-order valence-electron chi connectivity index (χ3n) is 2.98. The van der Waals surface area contributed by atoms with Crippen LogP contribution in [0.2, 0.25) is 0 Å². The number of esters is 1. The zero-order valence-corrected chi connectivity index (χ0v) is 14.8. The van der Waals surface area contributed by atoms with Crippen molar-refractivity contribution >= 4 is 12.1 Å². The summed E-state index contributed by atoms with van der Waals surface area (Å²) in [7, 11) is 2.90. The molecule has 0 aliphatic rings. The zero-order chi connectivity index (χ0) is 18.2. The topological polar surface area (TPSA) is 73.9 Å². The summed E-state index contributed by atoms with van der Waals surface area (Å²) in [6, 6.07) is 7.06. The highest BCUT2D eigenvalue weighted by Crippen LogP contribution is 2.14. The second-order valence-corrected chi connectivity index (χ2v) is 6.19. The lowest BCUT2D eigenvalue weighted by Gasteiger charge is -2.22. The average Bonchev–Trinajstić information content (AvgIpc) is 2.51. The van der Waals surface area contributed by atoms with Crippen LogP contribution in [0.4, 0.5) is 4.79 Å². The fourth-order valence-corrected chi connectivity index (χ4v) is 1.90. The van der Waals surface area contributed by atoms with Crippen molar-refractivity contribution < 1.29 is 23.8 Å². The number of nitrogens with one attached hydrogen (secondary N) is 1. The van der Waals surface area contributed by atoms with Crippen molar-refractivity contribution in [3.8, 4) is 5.75 Å². The third-order valence-corrected chi connectivity index (χ3v) is 2.98. The lowest BCUT2D eigenvalue weighted by Crippen LogP contribution is -2.39. The van der Waals surface area contributed by atoms with E-state index in [0.717, 1.165) is 11.3 Å². The van der Waals surface area contributed by atoms with E-state index >= 15 is 0 Å². The minimum absolute atomic E-state index is 0.410. The van der Waals surface area contributed by atoms with E-state index in [1.165, 1.54) is 13.2 Å². The molecule has 24 heavy (non-hydrogen) atoms. The first-order chi connectivity index (χ1) is 11.2. The first kappa shape index (κ1) is 19.5. The molecule has 1 amide bonds. The lowest BCUT2D eigenvalue weighted by molar-refractivity contribution is -0.134. The Morgan fingerprint density at radius 3 is 2.29 bits per heavy atom. The standard InChI is InChI=1S/C18H25NO5/c1-18(2,3)24-17(21)19-14(8-11-16(20)23-5)12-13-6-9-15(22-4)10-7-13/h6-11,14H,12H2,1-5H3,(H,19,21).